The minimum atomic E-state index is -0.331. The van der Waals surface area contributed by atoms with Gasteiger partial charge in [0, 0.05) is 16.1 Å². The Balaban J connectivity index is 2.14. The Morgan fingerprint density at radius 1 is 1.06 bits per heavy atom. The lowest BCUT2D eigenvalue weighted by molar-refractivity contribution is 0.297. The van der Waals surface area contributed by atoms with Crippen LogP contribution in [-0.4, -0.2) is 0 Å². The highest BCUT2D eigenvalue weighted by molar-refractivity contribution is 6.30. The molecular weight excluding hydrogens is 274 g/mol. The molecule has 0 N–H and O–H groups in total. The molecule has 0 bridgehead atoms. The van der Waals surface area contributed by atoms with Crippen LogP contribution in [0.5, 0.6) is 5.75 Å². The van der Waals surface area contributed by atoms with Gasteiger partial charge in [-0.05, 0) is 24.3 Å². The molecule has 0 unspecified atom stereocenters. The molecule has 2 aromatic rings. The van der Waals surface area contributed by atoms with Gasteiger partial charge < -0.3 is 4.74 Å². The maximum absolute atomic E-state index is 13.5. The van der Waals surface area contributed by atoms with E-state index in [0.717, 1.165) is 5.56 Å². The van der Waals surface area contributed by atoms with Crippen molar-refractivity contribution in [2.45, 2.75) is 12.5 Å². The van der Waals surface area contributed by atoms with Crippen molar-refractivity contribution in [3.05, 3.63) is 64.4 Å². The second-order valence-electron chi connectivity index (χ2n) is 3.77. The molecule has 0 radical (unpaired) electrons. The van der Waals surface area contributed by atoms with E-state index in [1.54, 1.807) is 12.1 Å². The van der Waals surface area contributed by atoms with Gasteiger partial charge in [-0.1, -0.05) is 29.8 Å². The molecule has 2 rings (SSSR count). The van der Waals surface area contributed by atoms with Crippen LogP contribution in [0.15, 0.2) is 42.5 Å². The van der Waals surface area contributed by atoms with Crippen LogP contribution in [0.4, 0.5) is 4.39 Å². The zero-order valence-electron chi connectivity index (χ0n) is 9.50. The van der Waals surface area contributed by atoms with Crippen molar-refractivity contribution in [1.29, 1.82) is 0 Å². The summed E-state index contributed by atoms with van der Waals surface area (Å²) in [5.41, 5.74) is 1.30. The molecule has 0 saturated heterocycles. The zero-order valence-corrected chi connectivity index (χ0v) is 11.0. The van der Waals surface area contributed by atoms with Crippen molar-refractivity contribution in [3.8, 4) is 5.75 Å². The van der Waals surface area contributed by atoms with Gasteiger partial charge in [0.15, 0.2) is 0 Å². The molecule has 4 heteroatoms. The van der Waals surface area contributed by atoms with Crippen LogP contribution in [0.3, 0.4) is 0 Å². The zero-order chi connectivity index (χ0) is 13.0. The van der Waals surface area contributed by atoms with Crippen LogP contribution in [0.1, 0.15) is 11.1 Å². The molecule has 0 heterocycles. The summed E-state index contributed by atoms with van der Waals surface area (Å²) in [6, 6.07) is 11.8. The molecule has 0 spiro atoms. The highest BCUT2D eigenvalue weighted by Gasteiger charge is 2.06. The summed E-state index contributed by atoms with van der Waals surface area (Å²) in [6.45, 7) is 0.125. The van der Waals surface area contributed by atoms with Crippen molar-refractivity contribution in [3.63, 3.8) is 0 Å². The van der Waals surface area contributed by atoms with Crippen molar-refractivity contribution in [1.82, 2.24) is 0 Å². The summed E-state index contributed by atoms with van der Waals surface area (Å²) >= 11 is 11.6. The van der Waals surface area contributed by atoms with Gasteiger partial charge in [-0.3, -0.25) is 0 Å². The Morgan fingerprint density at radius 2 is 1.83 bits per heavy atom. The second-order valence-corrected chi connectivity index (χ2v) is 4.47. The Morgan fingerprint density at radius 3 is 2.61 bits per heavy atom. The number of rotatable bonds is 4. The molecular formula is C14H11Cl2FO. The smallest absolute Gasteiger partial charge is 0.129 e. The van der Waals surface area contributed by atoms with Gasteiger partial charge in [0.1, 0.15) is 18.2 Å². The first-order valence-corrected chi connectivity index (χ1v) is 6.32. The number of hydrogen-bond acceptors (Lipinski definition) is 1. The molecule has 0 atom stereocenters. The number of hydrogen-bond donors (Lipinski definition) is 0. The Kier molecular flexibility index (Phi) is 4.45. The molecule has 0 saturated carbocycles. The first kappa shape index (κ1) is 13.2. The van der Waals surface area contributed by atoms with Crippen molar-refractivity contribution in [2.75, 3.05) is 0 Å². The van der Waals surface area contributed by atoms with Gasteiger partial charge >= 0.3 is 0 Å². The largest absolute Gasteiger partial charge is 0.488 e. The predicted molar refractivity (Wildman–Crippen MR) is 71.7 cm³/mol. The molecule has 94 valence electrons. The first-order chi connectivity index (χ1) is 8.70. The highest BCUT2D eigenvalue weighted by Crippen LogP contribution is 2.22. The average molecular weight is 285 g/mol. The van der Waals surface area contributed by atoms with Crippen molar-refractivity contribution < 1.29 is 9.13 Å². The summed E-state index contributed by atoms with van der Waals surface area (Å²) < 4.78 is 19.1. The molecule has 1 nitrogen and oxygen atoms in total. The summed E-state index contributed by atoms with van der Waals surface area (Å²) in [5.74, 6) is 0.684. The van der Waals surface area contributed by atoms with E-state index in [4.69, 9.17) is 27.9 Å². The van der Waals surface area contributed by atoms with E-state index in [-0.39, 0.29) is 12.4 Å². The minimum absolute atomic E-state index is 0.125. The van der Waals surface area contributed by atoms with Gasteiger partial charge in [-0.25, -0.2) is 4.39 Å². The van der Waals surface area contributed by atoms with Crippen molar-refractivity contribution in [2.24, 2.45) is 0 Å². The third kappa shape index (κ3) is 3.15. The maximum Gasteiger partial charge on any atom is 0.129 e. The summed E-state index contributed by atoms with van der Waals surface area (Å²) in [7, 11) is 0. The molecule has 2 aromatic carbocycles. The van der Waals surface area contributed by atoms with E-state index in [0.29, 0.717) is 22.2 Å². The predicted octanol–water partition coefficient (Wildman–Crippen LogP) is 4.80. The molecule has 18 heavy (non-hydrogen) atoms. The van der Waals surface area contributed by atoms with Gasteiger partial charge in [0.25, 0.3) is 0 Å². The lowest BCUT2D eigenvalue weighted by Gasteiger charge is -2.10. The third-order valence-electron chi connectivity index (χ3n) is 2.51. The Bertz CT molecular complexity index is 543. The van der Waals surface area contributed by atoms with Crippen LogP contribution in [0.25, 0.3) is 0 Å². The quantitative estimate of drug-likeness (QED) is 0.733. The first-order valence-electron chi connectivity index (χ1n) is 5.41. The summed E-state index contributed by atoms with van der Waals surface area (Å²) in [6.07, 6.45) is 0. The van der Waals surface area contributed by atoms with Gasteiger partial charge in [0.2, 0.25) is 0 Å². The van der Waals surface area contributed by atoms with Gasteiger partial charge in [0.05, 0.1) is 5.88 Å². The number of alkyl halides is 1. The van der Waals surface area contributed by atoms with E-state index in [9.17, 15) is 4.39 Å². The summed E-state index contributed by atoms with van der Waals surface area (Å²) in [5, 5.41) is 0.487. The third-order valence-corrected chi connectivity index (χ3v) is 3.03. The minimum Gasteiger partial charge on any atom is -0.488 e. The maximum atomic E-state index is 13.5. The van der Waals surface area contributed by atoms with E-state index < -0.39 is 0 Å². The van der Waals surface area contributed by atoms with E-state index in [1.807, 2.05) is 18.2 Å². The monoisotopic (exact) mass is 284 g/mol. The Labute approximate surface area is 115 Å². The fraction of sp³-hybridized carbons (Fsp3) is 0.143. The van der Waals surface area contributed by atoms with E-state index >= 15 is 0 Å². The van der Waals surface area contributed by atoms with E-state index in [2.05, 4.69) is 0 Å². The van der Waals surface area contributed by atoms with Crippen molar-refractivity contribution >= 4 is 23.2 Å². The molecule has 0 aromatic heterocycles. The normalized spacial score (nSPS) is 10.4. The second kappa shape index (κ2) is 6.07. The standard InChI is InChI=1S/C14H11Cl2FO/c15-8-10-3-1-2-4-14(10)18-9-11-7-12(16)5-6-13(11)17/h1-7H,8-9H2. The molecule has 0 aliphatic rings. The molecule has 0 fully saturated rings. The lowest BCUT2D eigenvalue weighted by atomic mass is 10.2. The lowest BCUT2D eigenvalue weighted by Crippen LogP contribution is -2.00. The average Bonchev–Trinajstić information content (AvgIpc) is 2.40. The summed E-state index contributed by atoms with van der Waals surface area (Å²) in [4.78, 5) is 0. The van der Waals surface area contributed by atoms with Crippen LogP contribution in [0.2, 0.25) is 5.02 Å². The Hall–Kier alpha value is -1.25. The number of ether oxygens (including phenoxy) is 1. The SMILES string of the molecule is Fc1ccc(Cl)cc1COc1ccccc1CCl. The van der Waals surface area contributed by atoms with Crippen LogP contribution < -0.4 is 4.74 Å². The molecule has 0 aliphatic carbocycles. The number of benzene rings is 2. The van der Waals surface area contributed by atoms with Crippen LogP contribution in [0, 0.1) is 5.82 Å². The number of halogens is 3. The molecule has 0 amide bonds. The van der Waals surface area contributed by atoms with Gasteiger partial charge in [-0.15, -0.1) is 11.6 Å². The molecule has 0 aliphatic heterocycles. The van der Waals surface area contributed by atoms with Crippen LogP contribution >= 0.6 is 23.2 Å². The van der Waals surface area contributed by atoms with Crippen LogP contribution in [-0.2, 0) is 12.5 Å². The highest BCUT2D eigenvalue weighted by atomic mass is 35.5. The fourth-order valence-corrected chi connectivity index (χ4v) is 1.98. The topological polar surface area (TPSA) is 9.23 Å². The van der Waals surface area contributed by atoms with E-state index in [1.165, 1.54) is 12.1 Å². The van der Waals surface area contributed by atoms with Gasteiger partial charge in [-0.2, -0.15) is 0 Å². The fourth-order valence-electron chi connectivity index (χ4n) is 1.56. The number of para-hydroxylation sites is 1.